The summed E-state index contributed by atoms with van der Waals surface area (Å²) < 4.78 is 5.53. The van der Waals surface area contributed by atoms with Crippen LogP contribution < -0.4 is 15.5 Å². The lowest BCUT2D eigenvalue weighted by Gasteiger charge is -2.07. The van der Waals surface area contributed by atoms with Crippen molar-refractivity contribution in [2.24, 2.45) is 5.10 Å². The number of hydrogen-bond donors (Lipinski definition) is 2. The first-order chi connectivity index (χ1) is 14.4. The highest BCUT2D eigenvalue weighted by atomic mass is 35.5. The summed E-state index contributed by atoms with van der Waals surface area (Å²) in [5.41, 5.74) is 2.75. The maximum atomic E-state index is 12.1. The average Bonchev–Trinajstić information content (AvgIpc) is 2.73. The van der Waals surface area contributed by atoms with Crippen LogP contribution in [0, 0.1) is 10.1 Å². The Bertz CT molecular complexity index is 931. The van der Waals surface area contributed by atoms with Gasteiger partial charge in [0.15, 0.2) is 0 Å². The van der Waals surface area contributed by atoms with E-state index >= 15 is 0 Å². The van der Waals surface area contributed by atoms with Gasteiger partial charge in [0.2, 0.25) is 0 Å². The van der Waals surface area contributed by atoms with Crippen molar-refractivity contribution in [2.75, 3.05) is 13.2 Å². The molecule has 0 aliphatic heterocycles. The molecule has 30 heavy (non-hydrogen) atoms. The van der Waals surface area contributed by atoms with E-state index in [2.05, 4.69) is 22.8 Å². The number of ether oxygens (including phenoxy) is 1. The highest BCUT2D eigenvalue weighted by Gasteiger charge is 2.12. The van der Waals surface area contributed by atoms with Gasteiger partial charge in [0, 0.05) is 17.2 Å². The quantitative estimate of drug-likeness (QED) is 0.258. The van der Waals surface area contributed by atoms with E-state index in [1.165, 1.54) is 24.4 Å². The van der Waals surface area contributed by atoms with Crippen LogP contribution in [0.4, 0.5) is 5.69 Å². The molecule has 2 aromatic rings. The van der Waals surface area contributed by atoms with Gasteiger partial charge in [-0.1, -0.05) is 31.0 Å². The normalized spacial score (nSPS) is 10.6. The summed E-state index contributed by atoms with van der Waals surface area (Å²) in [6, 6.07) is 10.7. The summed E-state index contributed by atoms with van der Waals surface area (Å²) in [6.07, 6.45) is 3.22. The van der Waals surface area contributed by atoms with E-state index in [0.717, 1.165) is 12.8 Å². The van der Waals surface area contributed by atoms with Crippen LogP contribution in [0.25, 0.3) is 0 Å². The van der Waals surface area contributed by atoms with Crippen molar-refractivity contribution in [1.29, 1.82) is 0 Å². The molecule has 0 bridgehead atoms. The van der Waals surface area contributed by atoms with Crippen molar-refractivity contribution >= 4 is 35.3 Å². The Balaban J connectivity index is 1.80. The number of hydrogen-bond acceptors (Lipinski definition) is 6. The van der Waals surface area contributed by atoms with E-state index in [9.17, 15) is 19.7 Å². The smallest absolute Gasteiger partial charge is 0.288 e. The third-order valence-corrected chi connectivity index (χ3v) is 4.18. The first-order valence-corrected chi connectivity index (χ1v) is 9.55. The number of nitro benzene ring substituents is 1. The zero-order valence-electron chi connectivity index (χ0n) is 16.3. The molecular weight excluding hydrogens is 412 g/mol. The minimum Gasteiger partial charge on any atom is -0.494 e. The second-order valence-electron chi connectivity index (χ2n) is 6.17. The van der Waals surface area contributed by atoms with Crippen molar-refractivity contribution in [3.05, 3.63) is 68.7 Å². The van der Waals surface area contributed by atoms with Crippen molar-refractivity contribution < 1.29 is 19.2 Å². The molecule has 0 atom stereocenters. The second kappa shape index (κ2) is 11.5. The predicted octanol–water partition coefficient (Wildman–Crippen LogP) is 3.31. The van der Waals surface area contributed by atoms with Gasteiger partial charge in [0.05, 0.1) is 24.3 Å². The average molecular weight is 433 g/mol. The van der Waals surface area contributed by atoms with Crippen LogP contribution in [0.1, 0.15) is 35.7 Å². The molecular formula is C20H21ClN4O5. The van der Waals surface area contributed by atoms with E-state index in [4.69, 9.17) is 16.3 Å². The van der Waals surface area contributed by atoms with Crippen molar-refractivity contribution in [3.63, 3.8) is 0 Å². The molecule has 0 saturated carbocycles. The first-order valence-electron chi connectivity index (χ1n) is 9.17. The van der Waals surface area contributed by atoms with Gasteiger partial charge in [0.1, 0.15) is 10.8 Å². The standard InChI is InChI=1S/C20H21ClN4O5/c1-2-3-10-30-16-7-5-15(6-8-16)20(27)22-13-19(26)24-23-12-14-4-9-17(21)18(11-14)25(28)29/h4-9,11-12H,2-3,10,13H2,1H3,(H,22,27)(H,24,26)/b23-12-. The summed E-state index contributed by atoms with van der Waals surface area (Å²) in [5, 5.41) is 17.1. The lowest BCUT2D eigenvalue weighted by atomic mass is 10.2. The molecule has 0 unspecified atom stereocenters. The molecule has 0 aromatic heterocycles. The molecule has 0 heterocycles. The van der Waals surface area contributed by atoms with Gasteiger partial charge in [-0.15, -0.1) is 0 Å². The Labute approximate surface area is 178 Å². The molecule has 2 amide bonds. The number of rotatable bonds is 10. The third kappa shape index (κ3) is 7.17. The van der Waals surface area contributed by atoms with Gasteiger partial charge in [0.25, 0.3) is 17.5 Å². The second-order valence-corrected chi connectivity index (χ2v) is 6.58. The van der Waals surface area contributed by atoms with Crippen molar-refractivity contribution in [2.45, 2.75) is 19.8 Å². The fourth-order valence-corrected chi connectivity index (χ4v) is 2.45. The summed E-state index contributed by atoms with van der Waals surface area (Å²) in [4.78, 5) is 34.2. The van der Waals surface area contributed by atoms with Crippen LogP contribution in [-0.4, -0.2) is 36.1 Å². The third-order valence-electron chi connectivity index (χ3n) is 3.86. The number of halogens is 1. The van der Waals surface area contributed by atoms with Gasteiger partial charge >= 0.3 is 0 Å². The van der Waals surface area contributed by atoms with E-state index in [1.54, 1.807) is 24.3 Å². The van der Waals surface area contributed by atoms with E-state index in [0.29, 0.717) is 23.5 Å². The minimum atomic E-state index is -0.613. The maximum Gasteiger partial charge on any atom is 0.288 e. The molecule has 2 rings (SSSR count). The van der Waals surface area contributed by atoms with Crippen LogP contribution in [-0.2, 0) is 4.79 Å². The Morgan fingerprint density at radius 3 is 2.63 bits per heavy atom. The van der Waals surface area contributed by atoms with Crippen LogP contribution >= 0.6 is 11.6 Å². The summed E-state index contributed by atoms with van der Waals surface area (Å²) in [7, 11) is 0. The number of unbranched alkanes of at least 4 members (excludes halogenated alkanes) is 1. The van der Waals surface area contributed by atoms with Gasteiger partial charge < -0.3 is 10.1 Å². The van der Waals surface area contributed by atoms with Crippen molar-refractivity contribution in [1.82, 2.24) is 10.7 Å². The lowest BCUT2D eigenvalue weighted by Crippen LogP contribution is -2.34. The predicted molar refractivity (Wildman–Crippen MR) is 113 cm³/mol. The van der Waals surface area contributed by atoms with Gasteiger partial charge in [-0.3, -0.25) is 19.7 Å². The van der Waals surface area contributed by atoms with Gasteiger partial charge in [-0.2, -0.15) is 5.10 Å². The molecule has 0 saturated heterocycles. The Morgan fingerprint density at radius 1 is 1.23 bits per heavy atom. The monoisotopic (exact) mass is 432 g/mol. The topological polar surface area (TPSA) is 123 Å². The Kier molecular flexibility index (Phi) is 8.76. The number of nitrogens with one attached hydrogen (secondary N) is 2. The number of amides is 2. The molecule has 0 aliphatic rings. The number of nitrogens with zero attached hydrogens (tertiary/aromatic N) is 2. The molecule has 0 spiro atoms. The SMILES string of the molecule is CCCCOc1ccc(C(=O)NCC(=O)N/N=C\c2ccc(Cl)c([N+](=O)[O-])c2)cc1. The maximum absolute atomic E-state index is 12.1. The van der Waals surface area contributed by atoms with Crippen LogP contribution in [0.3, 0.4) is 0 Å². The Hall–Kier alpha value is -3.46. The highest BCUT2D eigenvalue weighted by Crippen LogP contribution is 2.24. The molecule has 0 radical (unpaired) electrons. The lowest BCUT2D eigenvalue weighted by molar-refractivity contribution is -0.384. The fourth-order valence-electron chi connectivity index (χ4n) is 2.27. The van der Waals surface area contributed by atoms with E-state index < -0.39 is 16.7 Å². The van der Waals surface area contributed by atoms with Crippen LogP contribution in [0.5, 0.6) is 5.75 Å². The number of benzene rings is 2. The molecule has 9 nitrogen and oxygen atoms in total. The number of carbonyl (C=O) groups is 2. The molecule has 0 fully saturated rings. The molecule has 2 N–H and O–H groups in total. The summed E-state index contributed by atoms with van der Waals surface area (Å²) >= 11 is 5.73. The summed E-state index contributed by atoms with van der Waals surface area (Å²) in [6.45, 7) is 2.40. The molecule has 10 heteroatoms. The summed E-state index contributed by atoms with van der Waals surface area (Å²) in [5.74, 6) is -0.292. The number of carbonyl (C=O) groups excluding carboxylic acids is 2. The molecule has 2 aromatic carbocycles. The minimum absolute atomic E-state index is 0.00412. The number of nitro groups is 1. The van der Waals surface area contributed by atoms with Gasteiger partial charge in [-0.25, -0.2) is 5.43 Å². The van der Waals surface area contributed by atoms with E-state index in [1.807, 2.05) is 0 Å². The van der Waals surface area contributed by atoms with Gasteiger partial charge in [-0.05, 0) is 36.8 Å². The Morgan fingerprint density at radius 2 is 1.97 bits per heavy atom. The first kappa shape index (κ1) is 22.8. The van der Waals surface area contributed by atoms with Crippen molar-refractivity contribution in [3.8, 4) is 5.75 Å². The fraction of sp³-hybridized carbons (Fsp3) is 0.250. The zero-order valence-corrected chi connectivity index (χ0v) is 17.0. The van der Waals surface area contributed by atoms with Crippen LogP contribution in [0.15, 0.2) is 47.6 Å². The van der Waals surface area contributed by atoms with Crippen LogP contribution in [0.2, 0.25) is 5.02 Å². The van der Waals surface area contributed by atoms with E-state index in [-0.39, 0.29) is 17.3 Å². The number of hydrazone groups is 1. The molecule has 158 valence electrons. The largest absolute Gasteiger partial charge is 0.494 e. The molecule has 0 aliphatic carbocycles. The highest BCUT2D eigenvalue weighted by molar-refractivity contribution is 6.32. The zero-order chi connectivity index (χ0) is 21.9.